The van der Waals surface area contributed by atoms with E-state index in [2.05, 4.69) is 41.8 Å². The number of guanidine groups is 1. The van der Waals surface area contributed by atoms with Crippen LogP contribution in [-0.2, 0) is 18.5 Å². The maximum atomic E-state index is 5.34. The molecule has 0 aliphatic carbocycles. The molecule has 26 heavy (non-hydrogen) atoms. The molecule has 1 aromatic carbocycles. The smallest absolute Gasteiger partial charge is 0.191 e. The maximum absolute atomic E-state index is 5.34. The summed E-state index contributed by atoms with van der Waals surface area (Å²) >= 11 is 1.67. The van der Waals surface area contributed by atoms with Gasteiger partial charge < -0.3 is 20.1 Å². The van der Waals surface area contributed by atoms with Crippen molar-refractivity contribution in [3.8, 4) is 11.5 Å². The van der Waals surface area contributed by atoms with Gasteiger partial charge in [-0.05, 0) is 17.7 Å². The van der Waals surface area contributed by atoms with E-state index in [1.165, 1.54) is 0 Å². The van der Waals surface area contributed by atoms with Crippen molar-refractivity contribution in [2.24, 2.45) is 4.99 Å². The van der Waals surface area contributed by atoms with Crippen molar-refractivity contribution in [3.05, 3.63) is 39.8 Å². The van der Waals surface area contributed by atoms with Crippen molar-refractivity contribution in [2.45, 2.75) is 39.3 Å². The van der Waals surface area contributed by atoms with Crippen molar-refractivity contribution < 1.29 is 9.47 Å². The first-order valence-corrected chi connectivity index (χ1v) is 9.35. The van der Waals surface area contributed by atoms with Gasteiger partial charge in [0.25, 0.3) is 0 Å². The number of hydrogen-bond donors (Lipinski definition) is 2. The number of nitrogens with zero attached hydrogens (tertiary/aromatic N) is 2. The first-order valence-electron chi connectivity index (χ1n) is 8.47. The molecule has 0 bridgehead atoms. The summed E-state index contributed by atoms with van der Waals surface area (Å²) in [6.07, 6.45) is 0. The fourth-order valence-electron chi connectivity index (χ4n) is 2.29. The Morgan fingerprint density at radius 3 is 2.38 bits per heavy atom. The topological polar surface area (TPSA) is 67.8 Å². The molecule has 0 saturated carbocycles. The molecule has 0 amide bonds. The summed E-state index contributed by atoms with van der Waals surface area (Å²) in [4.78, 5) is 8.96. The molecule has 0 aliphatic rings. The van der Waals surface area contributed by atoms with Crippen LogP contribution >= 0.6 is 11.3 Å². The van der Waals surface area contributed by atoms with Crippen LogP contribution in [0.5, 0.6) is 11.5 Å². The monoisotopic (exact) mass is 376 g/mol. The van der Waals surface area contributed by atoms with E-state index in [4.69, 9.17) is 14.5 Å². The van der Waals surface area contributed by atoms with Crippen LogP contribution in [0.1, 0.15) is 37.0 Å². The summed E-state index contributed by atoms with van der Waals surface area (Å²) in [5.74, 6) is 2.16. The highest BCUT2D eigenvalue weighted by atomic mass is 32.1. The minimum atomic E-state index is 0.0715. The molecule has 2 rings (SSSR count). The lowest BCUT2D eigenvalue weighted by Gasteiger charge is -2.14. The molecule has 2 aromatic rings. The molecule has 1 aromatic heterocycles. The first-order chi connectivity index (χ1) is 12.4. The van der Waals surface area contributed by atoms with Crippen molar-refractivity contribution in [1.82, 2.24) is 15.6 Å². The minimum Gasteiger partial charge on any atom is -0.493 e. The molecular formula is C19H28N4O2S. The largest absolute Gasteiger partial charge is 0.493 e. The third-order valence-corrected chi connectivity index (χ3v) is 4.71. The Kier molecular flexibility index (Phi) is 6.85. The fourth-order valence-corrected chi connectivity index (χ4v) is 3.25. The van der Waals surface area contributed by atoms with Crippen LogP contribution in [0.25, 0.3) is 0 Å². The van der Waals surface area contributed by atoms with Crippen LogP contribution in [-0.4, -0.2) is 32.2 Å². The Balaban J connectivity index is 1.91. The summed E-state index contributed by atoms with van der Waals surface area (Å²) in [6.45, 7) is 7.78. The van der Waals surface area contributed by atoms with E-state index in [0.29, 0.717) is 18.8 Å². The van der Waals surface area contributed by atoms with Gasteiger partial charge in [0, 0.05) is 24.4 Å². The highest BCUT2D eigenvalue weighted by Crippen LogP contribution is 2.27. The van der Waals surface area contributed by atoms with Crippen LogP contribution in [0.2, 0.25) is 0 Å². The number of benzene rings is 1. The van der Waals surface area contributed by atoms with E-state index >= 15 is 0 Å². The lowest BCUT2D eigenvalue weighted by molar-refractivity contribution is 0.354. The second kappa shape index (κ2) is 8.89. The van der Waals surface area contributed by atoms with Crippen molar-refractivity contribution >= 4 is 17.3 Å². The number of rotatable bonds is 6. The molecule has 1 heterocycles. The molecular weight excluding hydrogens is 348 g/mol. The van der Waals surface area contributed by atoms with Crippen LogP contribution in [0, 0.1) is 0 Å². The summed E-state index contributed by atoms with van der Waals surface area (Å²) in [6, 6.07) is 5.85. The van der Waals surface area contributed by atoms with Gasteiger partial charge >= 0.3 is 0 Å². The third-order valence-electron chi connectivity index (χ3n) is 3.86. The third kappa shape index (κ3) is 5.36. The van der Waals surface area contributed by atoms with E-state index in [0.717, 1.165) is 28.0 Å². The van der Waals surface area contributed by atoms with Gasteiger partial charge in [0.2, 0.25) is 0 Å². The van der Waals surface area contributed by atoms with E-state index < -0.39 is 0 Å². The lowest BCUT2D eigenvalue weighted by atomic mass is 9.93. The SMILES string of the molecule is CN=C(NCc1ccc(OC)c(OC)c1)NCc1nc(C(C)(C)C)cs1. The molecule has 0 spiro atoms. The van der Waals surface area contributed by atoms with Crippen molar-refractivity contribution in [3.63, 3.8) is 0 Å². The van der Waals surface area contributed by atoms with Crippen molar-refractivity contribution in [1.29, 1.82) is 0 Å². The zero-order valence-corrected chi connectivity index (χ0v) is 17.2. The van der Waals surface area contributed by atoms with Crippen LogP contribution in [0.3, 0.4) is 0 Å². The number of aromatic nitrogens is 1. The molecule has 0 fully saturated rings. The van der Waals surface area contributed by atoms with E-state index in [9.17, 15) is 0 Å². The van der Waals surface area contributed by atoms with Gasteiger partial charge in [0.15, 0.2) is 17.5 Å². The number of hydrogen-bond acceptors (Lipinski definition) is 5. The van der Waals surface area contributed by atoms with Gasteiger partial charge in [-0.2, -0.15) is 0 Å². The highest BCUT2D eigenvalue weighted by Gasteiger charge is 2.17. The molecule has 142 valence electrons. The Hall–Kier alpha value is -2.28. The average Bonchev–Trinajstić information content (AvgIpc) is 3.11. The van der Waals surface area contributed by atoms with Crippen LogP contribution in [0.4, 0.5) is 0 Å². The minimum absolute atomic E-state index is 0.0715. The van der Waals surface area contributed by atoms with Gasteiger partial charge in [-0.1, -0.05) is 26.8 Å². The molecule has 0 unspecified atom stereocenters. The molecule has 2 N–H and O–H groups in total. The summed E-state index contributed by atoms with van der Waals surface area (Å²) < 4.78 is 10.6. The summed E-state index contributed by atoms with van der Waals surface area (Å²) in [5, 5.41) is 9.77. The van der Waals surface area contributed by atoms with Gasteiger partial charge in [0.05, 0.1) is 26.5 Å². The Bertz CT molecular complexity index is 750. The van der Waals surface area contributed by atoms with E-state index in [-0.39, 0.29) is 5.41 Å². The number of thiazole rings is 1. The normalized spacial score (nSPS) is 12.0. The Labute approximate surface area is 159 Å². The van der Waals surface area contributed by atoms with Gasteiger partial charge in [-0.3, -0.25) is 4.99 Å². The zero-order valence-electron chi connectivity index (χ0n) is 16.3. The van der Waals surface area contributed by atoms with Crippen molar-refractivity contribution in [2.75, 3.05) is 21.3 Å². The second-order valence-corrected chi connectivity index (χ2v) is 7.79. The predicted octanol–water partition coefficient (Wildman–Crippen LogP) is 3.32. The zero-order chi connectivity index (χ0) is 19.2. The van der Waals surface area contributed by atoms with Gasteiger partial charge in [-0.25, -0.2) is 4.98 Å². The summed E-state index contributed by atoms with van der Waals surface area (Å²) in [7, 11) is 5.02. The van der Waals surface area contributed by atoms with E-state index in [1.807, 2.05) is 18.2 Å². The van der Waals surface area contributed by atoms with Gasteiger partial charge in [-0.15, -0.1) is 11.3 Å². The fraction of sp³-hybridized carbons (Fsp3) is 0.474. The molecule has 0 aliphatic heterocycles. The number of methoxy groups -OCH3 is 2. The summed E-state index contributed by atoms with van der Waals surface area (Å²) in [5.41, 5.74) is 2.27. The first kappa shape index (κ1) is 20.0. The average molecular weight is 377 g/mol. The Morgan fingerprint density at radius 2 is 1.81 bits per heavy atom. The number of aliphatic imine (C=N–C) groups is 1. The number of nitrogens with one attached hydrogen (secondary N) is 2. The van der Waals surface area contributed by atoms with Crippen LogP contribution in [0.15, 0.2) is 28.6 Å². The standard InChI is InChI=1S/C19H28N4O2S/c1-19(2,3)16-12-26-17(23-16)11-22-18(20-4)21-10-13-7-8-14(24-5)15(9-13)25-6/h7-9,12H,10-11H2,1-6H3,(H2,20,21,22). The lowest BCUT2D eigenvalue weighted by Crippen LogP contribution is -2.36. The van der Waals surface area contributed by atoms with Gasteiger partial charge in [0.1, 0.15) is 5.01 Å². The number of ether oxygens (including phenoxy) is 2. The second-order valence-electron chi connectivity index (χ2n) is 6.85. The molecule has 7 heteroatoms. The molecule has 0 atom stereocenters. The highest BCUT2D eigenvalue weighted by molar-refractivity contribution is 7.09. The van der Waals surface area contributed by atoms with E-state index in [1.54, 1.807) is 32.6 Å². The molecule has 6 nitrogen and oxygen atoms in total. The predicted molar refractivity (Wildman–Crippen MR) is 107 cm³/mol. The molecule has 0 saturated heterocycles. The maximum Gasteiger partial charge on any atom is 0.191 e. The van der Waals surface area contributed by atoms with Crippen LogP contribution < -0.4 is 20.1 Å². The quantitative estimate of drug-likeness (QED) is 0.598. The Morgan fingerprint density at radius 1 is 1.12 bits per heavy atom. The molecule has 0 radical (unpaired) electrons.